The molecule has 132 valence electrons. The van der Waals surface area contributed by atoms with Gasteiger partial charge in [0.05, 0.1) is 13.1 Å². The predicted octanol–water partition coefficient (Wildman–Crippen LogP) is 1.55. The van der Waals surface area contributed by atoms with Crippen LogP contribution in [0, 0.1) is 6.92 Å². The lowest BCUT2D eigenvalue weighted by Gasteiger charge is -2.31. The topological polar surface area (TPSA) is 50.9 Å². The molecule has 0 unspecified atom stereocenters. The molecule has 3 rings (SSSR count). The first kappa shape index (κ1) is 17.1. The fraction of sp³-hybridized carbons (Fsp3) is 0.368. The molecule has 6 heteroatoms. The minimum atomic E-state index is 0.0676. The average Bonchev–Trinajstić information content (AvgIpc) is 2.61. The molecule has 1 aliphatic heterocycles. The van der Waals surface area contributed by atoms with Crippen molar-refractivity contribution >= 4 is 17.4 Å². The lowest BCUT2D eigenvalue weighted by Crippen LogP contribution is -2.52. The maximum absolute atomic E-state index is 12.8. The Morgan fingerprint density at radius 2 is 1.84 bits per heavy atom. The first-order chi connectivity index (χ1) is 12.0. The van der Waals surface area contributed by atoms with Crippen molar-refractivity contribution in [3.05, 3.63) is 53.7 Å². The molecule has 0 saturated carbocycles. The third-order valence-corrected chi connectivity index (χ3v) is 4.63. The lowest BCUT2D eigenvalue weighted by molar-refractivity contribution is -0.894. The average molecular weight is 341 g/mol. The number of piperazine rings is 1. The van der Waals surface area contributed by atoms with Crippen LogP contribution in [-0.4, -0.2) is 56.3 Å². The zero-order valence-corrected chi connectivity index (χ0v) is 15.0. The Bertz CT molecular complexity index is 768. The van der Waals surface area contributed by atoms with Crippen molar-refractivity contribution in [1.82, 2.24) is 4.90 Å². The van der Waals surface area contributed by atoms with Gasteiger partial charge < -0.3 is 15.0 Å². The summed E-state index contributed by atoms with van der Waals surface area (Å²) < 4.78 is 1.13. The first-order valence-electron chi connectivity index (χ1n) is 8.49. The number of pyridine rings is 1. The first-order valence-corrected chi connectivity index (χ1v) is 8.49. The number of carbonyl (C=O) groups is 1. The highest BCUT2D eigenvalue weighted by Crippen LogP contribution is 2.21. The van der Waals surface area contributed by atoms with Gasteiger partial charge in [0.2, 0.25) is 0 Å². The van der Waals surface area contributed by atoms with E-state index >= 15 is 0 Å². The summed E-state index contributed by atoms with van der Waals surface area (Å²) in [5.74, 6) is 0.818. The van der Waals surface area contributed by atoms with Crippen molar-refractivity contribution < 1.29 is 14.7 Å². The number of nitrogens with zero attached hydrogens (tertiary/aromatic N) is 4. The molecule has 2 aromatic rings. The second-order valence-corrected chi connectivity index (χ2v) is 6.58. The van der Waals surface area contributed by atoms with Gasteiger partial charge in [-0.05, 0) is 36.8 Å². The lowest BCUT2D eigenvalue weighted by atomic mass is 10.1. The molecule has 1 N–H and O–H groups in total. The molecule has 0 radical (unpaired) electrons. The van der Waals surface area contributed by atoms with Crippen molar-refractivity contribution in [2.75, 3.05) is 50.1 Å². The summed E-state index contributed by atoms with van der Waals surface area (Å²) in [4.78, 5) is 18.8. The van der Waals surface area contributed by atoms with Crippen molar-refractivity contribution in [2.45, 2.75) is 6.92 Å². The van der Waals surface area contributed by atoms with E-state index in [-0.39, 0.29) is 5.91 Å². The quantitative estimate of drug-likeness (QED) is 0.680. The number of hydrogen-bond acceptors (Lipinski definition) is 4. The van der Waals surface area contributed by atoms with Crippen LogP contribution in [0.4, 0.5) is 11.5 Å². The van der Waals surface area contributed by atoms with E-state index in [4.69, 9.17) is 0 Å². The highest BCUT2D eigenvalue weighted by Gasteiger charge is 2.28. The van der Waals surface area contributed by atoms with Crippen LogP contribution in [0.1, 0.15) is 15.9 Å². The smallest absolute Gasteiger partial charge is 0.316 e. The Hall–Kier alpha value is -2.76. The summed E-state index contributed by atoms with van der Waals surface area (Å²) in [5.41, 5.74) is 2.95. The van der Waals surface area contributed by atoms with E-state index in [1.807, 2.05) is 61.2 Å². The molecule has 0 spiro atoms. The Morgan fingerprint density at radius 1 is 1.12 bits per heavy atom. The number of amides is 1. The van der Waals surface area contributed by atoms with Gasteiger partial charge in [0, 0.05) is 31.4 Å². The maximum Gasteiger partial charge on any atom is 0.316 e. The molecule has 0 aliphatic carbocycles. The SMILES string of the molecule is Cc1cc(C(=O)N2CCN(c3cccc[n+]3O)CC2)ccc1N(C)C. The highest BCUT2D eigenvalue weighted by atomic mass is 16.5. The second-order valence-electron chi connectivity index (χ2n) is 6.58. The fourth-order valence-corrected chi connectivity index (χ4v) is 3.29. The van der Waals surface area contributed by atoms with Crippen LogP contribution in [0.5, 0.6) is 0 Å². The number of anilines is 2. The van der Waals surface area contributed by atoms with Gasteiger partial charge in [0.1, 0.15) is 19.3 Å². The number of aryl methyl sites for hydroxylation is 1. The zero-order chi connectivity index (χ0) is 18.0. The van der Waals surface area contributed by atoms with Crippen LogP contribution in [0.15, 0.2) is 42.6 Å². The third-order valence-electron chi connectivity index (χ3n) is 4.63. The summed E-state index contributed by atoms with van der Waals surface area (Å²) >= 11 is 0. The van der Waals surface area contributed by atoms with Gasteiger partial charge in [0.25, 0.3) is 5.91 Å². The molecule has 25 heavy (non-hydrogen) atoms. The number of benzene rings is 1. The van der Waals surface area contributed by atoms with Gasteiger partial charge in [-0.2, -0.15) is 0 Å². The molecule has 1 aromatic heterocycles. The standard InChI is InChI=1S/C19H25N4O2/c1-15-14-16(7-8-17(15)20(2)3)19(24)22-12-10-21(11-13-22)18-6-4-5-9-23(18)25/h4-9,14,25H,10-13H2,1-3H3/q+1. The molecular formula is C19H25N4O2+. The number of rotatable bonds is 3. The van der Waals surface area contributed by atoms with Crippen LogP contribution in [0.2, 0.25) is 0 Å². The van der Waals surface area contributed by atoms with Gasteiger partial charge in [-0.1, -0.05) is 10.8 Å². The van der Waals surface area contributed by atoms with Gasteiger partial charge in [0.15, 0.2) is 0 Å². The molecule has 1 aromatic carbocycles. The summed E-state index contributed by atoms with van der Waals surface area (Å²) in [6, 6.07) is 11.4. The van der Waals surface area contributed by atoms with E-state index in [1.165, 1.54) is 0 Å². The van der Waals surface area contributed by atoms with Crippen molar-refractivity contribution in [3.63, 3.8) is 0 Å². The van der Waals surface area contributed by atoms with Crippen LogP contribution >= 0.6 is 0 Å². The monoisotopic (exact) mass is 341 g/mol. The van der Waals surface area contributed by atoms with Crippen molar-refractivity contribution in [3.8, 4) is 0 Å². The van der Waals surface area contributed by atoms with Crippen LogP contribution in [-0.2, 0) is 0 Å². The molecule has 6 nitrogen and oxygen atoms in total. The minimum Gasteiger partial charge on any atom is -0.377 e. The van der Waals surface area contributed by atoms with Gasteiger partial charge in [-0.15, -0.1) is 0 Å². The Labute approximate surface area is 148 Å². The third kappa shape index (κ3) is 3.52. The largest absolute Gasteiger partial charge is 0.377 e. The van der Waals surface area contributed by atoms with Crippen LogP contribution in [0.25, 0.3) is 0 Å². The van der Waals surface area contributed by atoms with E-state index in [2.05, 4.69) is 4.90 Å². The zero-order valence-electron chi connectivity index (χ0n) is 15.0. The fourth-order valence-electron chi connectivity index (χ4n) is 3.29. The Kier molecular flexibility index (Phi) is 4.79. The van der Waals surface area contributed by atoms with Gasteiger partial charge >= 0.3 is 5.82 Å². The molecule has 0 atom stereocenters. The molecule has 1 aliphatic rings. The van der Waals surface area contributed by atoms with Crippen LogP contribution in [0.3, 0.4) is 0 Å². The maximum atomic E-state index is 12.8. The van der Waals surface area contributed by atoms with E-state index in [1.54, 1.807) is 12.3 Å². The Balaban J connectivity index is 1.68. The molecular weight excluding hydrogens is 316 g/mol. The van der Waals surface area contributed by atoms with Gasteiger partial charge in [-0.25, -0.2) is 0 Å². The summed E-state index contributed by atoms with van der Waals surface area (Å²) in [7, 11) is 4.00. The molecule has 2 heterocycles. The van der Waals surface area contributed by atoms with E-state index in [0.717, 1.165) is 27.4 Å². The summed E-state index contributed by atoms with van der Waals surface area (Å²) in [6.07, 6.45) is 1.61. The molecule has 1 amide bonds. The van der Waals surface area contributed by atoms with E-state index < -0.39 is 0 Å². The summed E-state index contributed by atoms with van der Waals surface area (Å²) in [5, 5.41) is 9.91. The van der Waals surface area contributed by atoms with E-state index in [0.29, 0.717) is 26.2 Å². The normalized spacial score (nSPS) is 14.5. The van der Waals surface area contributed by atoms with Crippen LogP contribution < -0.4 is 14.5 Å². The second kappa shape index (κ2) is 7.01. The predicted molar refractivity (Wildman–Crippen MR) is 97.4 cm³/mol. The molecule has 1 saturated heterocycles. The number of aromatic nitrogens is 1. The van der Waals surface area contributed by atoms with E-state index in [9.17, 15) is 10.0 Å². The Morgan fingerprint density at radius 3 is 2.44 bits per heavy atom. The number of hydrogen-bond donors (Lipinski definition) is 1. The number of carbonyl (C=O) groups excluding carboxylic acids is 1. The summed E-state index contributed by atoms with van der Waals surface area (Å²) in [6.45, 7) is 4.71. The van der Waals surface area contributed by atoms with Crippen molar-refractivity contribution in [2.24, 2.45) is 0 Å². The minimum absolute atomic E-state index is 0.0676. The highest BCUT2D eigenvalue weighted by molar-refractivity contribution is 5.95. The van der Waals surface area contributed by atoms with Gasteiger partial charge in [-0.3, -0.25) is 9.69 Å². The molecule has 1 fully saturated rings. The van der Waals surface area contributed by atoms with Crippen molar-refractivity contribution in [1.29, 1.82) is 0 Å². The molecule has 0 bridgehead atoms.